The Kier molecular flexibility index (Phi) is 60.4. The zero-order valence-corrected chi connectivity index (χ0v) is 49.9. The van der Waals surface area contributed by atoms with Crippen molar-refractivity contribution in [2.45, 2.75) is 284 Å². The summed E-state index contributed by atoms with van der Waals surface area (Å²) in [6.45, 7) is 6.39. The smallest absolute Gasteiger partial charge is 0.306 e. The van der Waals surface area contributed by atoms with Gasteiger partial charge in [0.25, 0.3) is 0 Å². The minimum atomic E-state index is -0.799. The Morgan fingerprint density at radius 3 is 0.792 bits per heavy atom. The average molecular weight is 1070 g/mol. The second kappa shape index (κ2) is 64.1. The van der Waals surface area contributed by atoms with Gasteiger partial charge in [0.2, 0.25) is 0 Å². The summed E-state index contributed by atoms with van der Waals surface area (Å²) in [6, 6.07) is 0. The first-order valence-electron chi connectivity index (χ1n) is 31.7. The van der Waals surface area contributed by atoms with Crippen LogP contribution in [0, 0.1) is 0 Å². The van der Waals surface area contributed by atoms with Gasteiger partial charge in [0.1, 0.15) is 13.2 Å². The molecule has 77 heavy (non-hydrogen) atoms. The molecule has 0 aromatic rings. The third kappa shape index (κ3) is 62.3. The topological polar surface area (TPSA) is 78.9 Å². The first kappa shape index (κ1) is 72.5. The molecule has 0 aliphatic heterocycles. The second-order valence-corrected chi connectivity index (χ2v) is 20.6. The number of unbranched alkanes of at least 4 members (excludes halogenated alkanes) is 23. The van der Waals surface area contributed by atoms with Crippen LogP contribution < -0.4 is 0 Å². The molecular formula is C71H116O6. The van der Waals surface area contributed by atoms with Gasteiger partial charge >= 0.3 is 17.9 Å². The highest BCUT2D eigenvalue weighted by Crippen LogP contribution is 2.15. The minimum absolute atomic E-state index is 0.0928. The number of ether oxygens (including phenoxy) is 3. The quantitative estimate of drug-likeness (QED) is 0.0261. The van der Waals surface area contributed by atoms with Crippen molar-refractivity contribution < 1.29 is 28.6 Å². The van der Waals surface area contributed by atoms with Gasteiger partial charge in [-0.1, -0.05) is 276 Å². The minimum Gasteiger partial charge on any atom is -0.462 e. The van der Waals surface area contributed by atoms with E-state index in [0.29, 0.717) is 19.3 Å². The summed E-state index contributed by atoms with van der Waals surface area (Å²) >= 11 is 0. The third-order valence-corrected chi connectivity index (χ3v) is 13.2. The molecule has 0 radical (unpaired) electrons. The van der Waals surface area contributed by atoms with Crippen LogP contribution in [-0.2, 0) is 28.6 Å². The maximum Gasteiger partial charge on any atom is 0.306 e. The van der Waals surface area contributed by atoms with Crippen molar-refractivity contribution in [3.8, 4) is 0 Å². The van der Waals surface area contributed by atoms with Crippen LogP contribution in [-0.4, -0.2) is 37.2 Å². The SMILES string of the molecule is CC/C=C\C/C=C\C/C=C\C/C=C\C/C=C\C/C=C\C/C=C\CCCCCCCCCC(=O)OCC(COC(=O)CCCCCCCCCCCCCCC)OC(=O)CCCCCC/C=C\C/C=C\C/C=C\C/C=C\CC. The van der Waals surface area contributed by atoms with Crippen LogP contribution in [0.2, 0.25) is 0 Å². The molecule has 0 fully saturated rings. The lowest BCUT2D eigenvalue weighted by molar-refractivity contribution is -0.167. The maximum absolute atomic E-state index is 12.9. The van der Waals surface area contributed by atoms with E-state index in [1.165, 1.54) is 89.9 Å². The number of rotatable bonds is 56. The molecule has 0 amide bonds. The molecule has 1 unspecified atom stereocenters. The van der Waals surface area contributed by atoms with Crippen LogP contribution in [0.4, 0.5) is 0 Å². The summed E-state index contributed by atoms with van der Waals surface area (Å²) < 4.78 is 16.9. The molecule has 0 aromatic heterocycles. The lowest BCUT2D eigenvalue weighted by atomic mass is 10.0. The lowest BCUT2D eigenvalue weighted by Gasteiger charge is -2.18. The predicted molar refractivity (Wildman–Crippen MR) is 334 cm³/mol. The molecule has 0 aliphatic carbocycles. The molecule has 6 nitrogen and oxygen atoms in total. The first-order chi connectivity index (χ1) is 38.0. The van der Waals surface area contributed by atoms with Gasteiger partial charge in [-0.15, -0.1) is 0 Å². The zero-order valence-electron chi connectivity index (χ0n) is 49.9. The van der Waals surface area contributed by atoms with E-state index in [4.69, 9.17) is 14.2 Å². The van der Waals surface area contributed by atoms with E-state index in [0.717, 1.165) is 148 Å². The van der Waals surface area contributed by atoms with Crippen molar-refractivity contribution in [2.75, 3.05) is 13.2 Å². The predicted octanol–water partition coefficient (Wildman–Crippen LogP) is 21.8. The molecule has 0 spiro atoms. The molecule has 0 bridgehead atoms. The van der Waals surface area contributed by atoms with Crippen LogP contribution in [0.3, 0.4) is 0 Å². The van der Waals surface area contributed by atoms with Gasteiger partial charge in [-0.2, -0.15) is 0 Å². The highest BCUT2D eigenvalue weighted by atomic mass is 16.6. The summed E-state index contributed by atoms with van der Waals surface area (Å²) in [5, 5.41) is 0. The van der Waals surface area contributed by atoms with Crippen molar-refractivity contribution in [1.29, 1.82) is 0 Å². The average Bonchev–Trinajstić information content (AvgIpc) is 3.43. The summed E-state index contributed by atoms with van der Waals surface area (Å²) in [4.78, 5) is 38.3. The molecule has 0 rings (SSSR count). The second-order valence-electron chi connectivity index (χ2n) is 20.6. The summed E-state index contributed by atoms with van der Waals surface area (Å²) in [7, 11) is 0. The van der Waals surface area contributed by atoms with Gasteiger partial charge < -0.3 is 14.2 Å². The largest absolute Gasteiger partial charge is 0.462 e. The van der Waals surface area contributed by atoms with Crippen LogP contribution in [0.5, 0.6) is 0 Å². The molecule has 0 saturated heterocycles. The van der Waals surface area contributed by atoms with E-state index >= 15 is 0 Å². The number of hydrogen-bond acceptors (Lipinski definition) is 6. The fraction of sp³-hybridized carbons (Fsp3) is 0.648. The van der Waals surface area contributed by atoms with Crippen molar-refractivity contribution in [1.82, 2.24) is 0 Å². The molecule has 0 aromatic carbocycles. The molecule has 0 saturated carbocycles. The number of allylic oxidation sites excluding steroid dienone is 22. The van der Waals surface area contributed by atoms with E-state index < -0.39 is 6.10 Å². The van der Waals surface area contributed by atoms with Gasteiger partial charge in [-0.25, -0.2) is 0 Å². The van der Waals surface area contributed by atoms with E-state index in [-0.39, 0.29) is 31.1 Å². The van der Waals surface area contributed by atoms with Gasteiger partial charge in [0.15, 0.2) is 6.10 Å². The first-order valence-corrected chi connectivity index (χ1v) is 31.7. The fourth-order valence-corrected chi connectivity index (χ4v) is 8.47. The molecule has 6 heteroatoms. The standard InChI is InChI=1S/C71H116O6/c1-4-7-10-13-16-19-22-25-27-29-30-31-32-33-34-35-36-37-38-39-40-42-43-46-49-52-55-58-61-64-70(73)76-67-68(66-75-69(72)63-60-57-54-51-48-45-24-21-18-15-12-9-6-3)77-71(74)65-62-59-56-53-50-47-44-41-28-26-23-20-17-14-11-8-5-2/h7-8,10-11,16-17,19-20,25-28,30-31,33-34,36-37,39-40,44,47,68H,4-6,9,12-15,18,21-24,29,32,35,38,41-43,45-46,48-67H2,1-3H3/b10-7-,11-8-,19-16-,20-17-,27-25-,28-26-,31-30-,34-33-,37-36-,40-39-,47-44-. The normalized spacial score (nSPS) is 13.0. The van der Waals surface area contributed by atoms with E-state index in [1.807, 2.05) is 0 Å². The van der Waals surface area contributed by atoms with E-state index in [9.17, 15) is 14.4 Å². The number of esters is 3. The van der Waals surface area contributed by atoms with Crippen molar-refractivity contribution in [2.24, 2.45) is 0 Å². The van der Waals surface area contributed by atoms with Crippen LogP contribution in [0.25, 0.3) is 0 Å². The van der Waals surface area contributed by atoms with Gasteiger partial charge in [0, 0.05) is 19.3 Å². The van der Waals surface area contributed by atoms with Crippen LogP contribution >= 0.6 is 0 Å². The Hall–Kier alpha value is -4.45. The number of hydrogen-bond donors (Lipinski definition) is 0. The van der Waals surface area contributed by atoms with Crippen molar-refractivity contribution >= 4 is 17.9 Å². The van der Waals surface area contributed by atoms with Crippen molar-refractivity contribution in [3.63, 3.8) is 0 Å². The van der Waals surface area contributed by atoms with Crippen molar-refractivity contribution in [3.05, 3.63) is 134 Å². The Morgan fingerprint density at radius 1 is 0.273 bits per heavy atom. The number of carbonyl (C=O) groups excluding carboxylic acids is 3. The molecule has 1 atom stereocenters. The Labute approximate surface area is 475 Å². The Morgan fingerprint density at radius 2 is 0.506 bits per heavy atom. The van der Waals surface area contributed by atoms with Gasteiger partial charge in [-0.05, 0) is 116 Å². The third-order valence-electron chi connectivity index (χ3n) is 13.2. The molecular weight excluding hydrogens is 949 g/mol. The molecule has 436 valence electrons. The van der Waals surface area contributed by atoms with Crippen LogP contribution in [0.1, 0.15) is 278 Å². The molecule has 0 aliphatic rings. The zero-order chi connectivity index (χ0) is 55.7. The number of carbonyl (C=O) groups is 3. The van der Waals surface area contributed by atoms with E-state index in [1.54, 1.807) is 0 Å². The van der Waals surface area contributed by atoms with Gasteiger partial charge in [0.05, 0.1) is 0 Å². The summed E-state index contributed by atoms with van der Waals surface area (Å²) in [5.74, 6) is -0.926. The highest BCUT2D eigenvalue weighted by molar-refractivity contribution is 5.71. The summed E-state index contributed by atoms with van der Waals surface area (Å²) in [5.41, 5.74) is 0. The highest BCUT2D eigenvalue weighted by Gasteiger charge is 2.19. The van der Waals surface area contributed by atoms with Gasteiger partial charge in [-0.3, -0.25) is 14.4 Å². The van der Waals surface area contributed by atoms with E-state index in [2.05, 4.69) is 154 Å². The Balaban J connectivity index is 4.37. The summed E-state index contributed by atoms with van der Waals surface area (Å²) in [6.07, 6.45) is 90.2. The monoisotopic (exact) mass is 1060 g/mol. The lowest BCUT2D eigenvalue weighted by Crippen LogP contribution is -2.30. The Bertz CT molecular complexity index is 1650. The molecule has 0 heterocycles. The maximum atomic E-state index is 12.9. The fourth-order valence-electron chi connectivity index (χ4n) is 8.47. The van der Waals surface area contributed by atoms with Crippen LogP contribution in [0.15, 0.2) is 134 Å². The molecule has 0 N–H and O–H groups in total.